The van der Waals surface area contributed by atoms with Crippen molar-refractivity contribution in [2.24, 2.45) is 5.73 Å². The minimum atomic E-state index is -1.17. The van der Waals surface area contributed by atoms with Gasteiger partial charge in [0.05, 0.1) is 12.3 Å². The van der Waals surface area contributed by atoms with E-state index in [-0.39, 0.29) is 6.54 Å². The molecule has 124 valence electrons. The molecule has 1 aliphatic rings. The Bertz CT molecular complexity index is 654. The number of ether oxygens (including phenoxy) is 2. The van der Waals surface area contributed by atoms with Gasteiger partial charge in [-0.05, 0) is 32.4 Å². The van der Waals surface area contributed by atoms with E-state index < -0.39 is 17.4 Å². The molecule has 7 nitrogen and oxygen atoms in total. The van der Waals surface area contributed by atoms with Gasteiger partial charge in [-0.1, -0.05) is 6.92 Å². The largest absolute Gasteiger partial charge is 0.490 e. The first-order valence-corrected chi connectivity index (χ1v) is 7.35. The van der Waals surface area contributed by atoms with Gasteiger partial charge in [0.1, 0.15) is 12.8 Å². The van der Waals surface area contributed by atoms with Gasteiger partial charge in [-0.3, -0.25) is 19.3 Å². The number of anilines is 1. The number of rotatable bonds is 6. The topological polar surface area (TPSA) is 98.9 Å². The van der Waals surface area contributed by atoms with E-state index in [1.165, 1.54) is 11.0 Å². The SMILES string of the molecule is CCCOc1cc(C=O)cc2c1OC(C)(C)C(=O)N2CC(N)=O. The third kappa shape index (κ3) is 3.28. The Morgan fingerprint density at radius 1 is 1.43 bits per heavy atom. The van der Waals surface area contributed by atoms with Crippen molar-refractivity contribution in [1.29, 1.82) is 0 Å². The third-order valence-corrected chi connectivity index (χ3v) is 3.38. The van der Waals surface area contributed by atoms with Crippen LogP contribution in [0.25, 0.3) is 0 Å². The van der Waals surface area contributed by atoms with Gasteiger partial charge in [0.25, 0.3) is 5.91 Å². The molecule has 0 fully saturated rings. The summed E-state index contributed by atoms with van der Waals surface area (Å²) in [6.45, 7) is 5.28. The first kappa shape index (κ1) is 16.8. The van der Waals surface area contributed by atoms with Crippen molar-refractivity contribution >= 4 is 23.8 Å². The van der Waals surface area contributed by atoms with Gasteiger partial charge in [0, 0.05) is 5.56 Å². The molecule has 1 heterocycles. The second-order valence-corrected chi connectivity index (χ2v) is 5.80. The summed E-state index contributed by atoms with van der Waals surface area (Å²) < 4.78 is 11.4. The van der Waals surface area contributed by atoms with Crippen molar-refractivity contribution in [3.05, 3.63) is 17.7 Å². The Morgan fingerprint density at radius 3 is 2.70 bits per heavy atom. The lowest BCUT2D eigenvalue weighted by Crippen LogP contribution is -2.54. The zero-order valence-corrected chi connectivity index (χ0v) is 13.4. The van der Waals surface area contributed by atoms with Crippen LogP contribution in [0.4, 0.5) is 5.69 Å². The predicted octanol–water partition coefficient (Wildman–Crippen LogP) is 1.28. The highest BCUT2D eigenvalue weighted by Crippen LogP contribution is 2.45. The Balaban J connectivity index is 2.61. The number of hydrogen-bond acceptors (Lipinski definition) is 5. The molecule has 7 heteroatoms. The number of carbonyl (C=O) groups excluding carboxylic acids is 3. The zero-order chi connectivity index (χ0) is 17.2. The van der Waals surface area contributed by atoms with Gasteiger partial charge in [-0.15, -0.1) is 0 Å². The molecule has 0 aromatic heterocycles. The normalized spacial score (nSPS) is 15.6. The van der Waals surface area contributed by atoms with Crippen LogP contribution >= 0.6 is 0 Å². The lowest BCUT2D eigenvalue weighted by Gasteiger charge is -2.39. The lowest BCUT2D eigenvalue weighted by atomic mass is 10.0. The minimum Gasteiger partial charge on any atom is -0.490 e. The number of primary amides is 1. The Hall–Kier alpha value is -2.57. The van der Waals surface area contributed by atoms with Crippen molar-refractivity contribution in [3.63, 3.8) is 0 Å². The summed E-state index contributed by atoms with van der Waals surface area (Å²) in [6, 6.07) is 3.03. The smallest absolute Gasteiger partial charge is 0.271 e. The molecule has 0 spiro atoms. The molecule has 2 rings (SSSR count). The molecular weight excluding hydrogens is 300 g/mol. The van der Waals surface area contributed by atoms with Crippen LogP contribution in [0.1, 0.15) is 37.6 Å². The third-order valence-electron chi connectivity index (χ3n) is 3.38. The van der Waals surface area contributed by atoms with E-state index in [1.54, 1.807) is 19.9 Å². The van der Waals surface area contributed by atoms with Crippen molar-refractivity contribution in [2.45, 2.75) is 32.8 Å². The van der Waals surface area contributed by atoms with Gasteiger partial charge < -0.3 is 15.2 Å². The molecule has 0 atom stereocenters. The van der Waals surface area contributed by atoms with Crippen molar-refractivity contribution in [1.82, 2.24) is 0 Å². The summed E-state index contributed by atoms with van der Waals surface area (Å²) in [5.41, 5.74) is 4.70. The molecule has 23 heavy (non-hydrogen) atoms. The standard InChI is InChI=1S/C16H20N2O5/c1-4-5-22-12-7-10(9-19)6-11-14(12)23-16(2,3)15(21)18(11)8-13(17)20/h6-7,9H,4-5,8H2,1-3H3,(H2,17,20). The molecule has 0 bridgehead atoms. The second kappa shape index (κ2) is 6.28. The van der Waals surface area contributed by atoms with E-state index in [9.17, 15) is 14.4 Å². The van der Waals surface area contributed by atoms with Crippen LogP contribution in [-0.4, -0.2) is 36.9 Å². The van der Waals surface area contributed by atoms with Gasteiger partial charge in [-0.2, -0.15) is 0 Å². The fraction of sp³-hybridized carbons (Fsp3) is 0.438. The Labute approximate surface area is 134 Å². The van der Waals surface area contributed by atoms with E-state index >= 15 is 0 Å². The van der Waals surface area contributed by atoms with Crippen LogP contribution in [0.5, 0.6) is 11.5 Å². The van der Waals surface area contributed by atoms with Crippen molar-refractivity contribution in [3.8, 4) is 11.5 Å². The predicted molar refractivity (Wildman–Crippen MR) is 83.9 cm³/mol. The molecule has 1 aromatic rings. The van der Waals surface area contributed by atoms with E-state index in [4.69, 9.17) is 15.2 Å². The average Bonchev–Trinajstić information content (AvgIpc) is 2.49. The number of hydrogen-bond donors (Lipinski definition) is 1. The van der Waals surface area contributed by atoms with Gasteiger partial charge >= 0.3 is 0 Å². The molecule has 2 amide bonds. The van der Waals surface area contributed by atoms with Gasteiger partial charge in [0.15, 0.2) is 17.1 Å². The summed E-state index contributed by atoms with van der Waals surface area (Å²) in [5, 5.41) is 0. The highest BCUT2D eigenvalue weighted by molar-refractivity contribution is 6.06. The zero-order valence-electron chi connectivity index (χ0n) is 13.4. The van der Waals surface area contributed by atoms with E-state index in [0.717, 1.165) is 6.42 Å². The highest BCUT2D eigenvalue weighted by Gasteiger charge is 2.43. The van der Waals surface area contributed by atoms with Crippen LogP contribution < -0.4 is 20.1 Å². The number of nitrogens with zero attached hydrogens (tertiary/aromatic N) is 1. The molecule has 1 aromatic carbocycles. The maximum Gasteiger partial charge on any atom is 0.271 e. The summed E-state index contributed by atoms with van der Waals surface area (Å²) in [4.78, 5) is 36.3. The quantitative estimate of drug-likeness (QED) is 0.796. The number of carbonyl (C=O) groups is 3. The van der Waals surface area contributed by atoms with Gasteiger partial charge in [-0.25, -0.2) is 0 Å². The Morgan fingerprint density at radius 2 is 2.13 bits per heavy atom. The van der Waals surface area contributed by atoms with E-state index in [2.05, 4.69) is 0 Å². The van der Waals surface area contributed by atoms with Crippen molar-refractivity contribution in [2.75, 3.05) is 18.1 Å². The van der Waals surface area contributed by atoms with Crippen LogP contribution in [0.3, 0.4) is 0 Å². The summed E-state index contributed by atoms with van der Waals surface area (Å²) in [6.07, 6.45) is 1.42. The lowest BCUT2D eigenvalue weighted by molar-refractivity contribution is -0.134. The summed E-state index contributed by atoms with van der Waals surface area (Å²) >= 11 is 0. The average molecular weight is 320 g/mol. The van der Waals surface area contributed by atoms with Crippen molar-refractivity contribution < 1.29 is 23.9 Å². The first-order valence-electron chi connectivity index (χ1n) is 7.35. The first-order chi connectivity index (χ1) is 10.8. The molecule has 0 saturated heterocycles. The molecule has 0 saturated carbocycles. The number of benzene rings is 1. The fourth-order valence-corrected chi connectivity index (χ4v) is 2.34. The monoisotopic (exact) mass is 320 g/mol. The molecule has 0 radical (unpaired) electrons. The maximum absolute atomic E-state index is 12.5. The number of aldehydes is 1. The maximum atomic E-state index is 12.5. The molecule has 0 unspecified atom stereocenters. The molecule has 0 aliphatic carbocycles. The highest BCUT2D eigenvalue weighted by atomic mass is 16.5. The number of nitrogens with two attached hydrogens (primary N) is 1. The molecular formula is C16H20N2O5. The van der Waals surface area contributed by atoms with Crippen LogP contribution in [0.15, 0.2) is 12.1 Å². The molecule has 2 N–H and O–H groups in total. The van der Waals surface area contributed by atoms with Crippen LogP contribution in [-0.2, 0) is 9.59 Å². The fourth-order valence-electron chi connectivity index (χ4n) is 2.34. The summed E-state index contributed by atoms with van der Waals surface area (Å²) in [7, 11) is 0. The van der Waals surface area contributed by atoms with Crippen LogP contribution in [0, 0.1) is 0 Å². The number of fused-ring (bicyclic) bond motifs is 1. The minimum absolute atomic E-state index is 0.297. The summed E-state index contributed by atoms with van der Waals surface area (Å²) in [5.74, 6) is -0.376. The Kier molecular flexibility index (Phi) is 4.58. The second-order valence-electron chi connectivity index (χ2n) is 5.80. The van der Waals surface area contributed by atoms with Gasteiger partial charge in [0.2, 0.25) is 5.91 Å². The van der Waals surface area contributed by atoms with E-state index in [0.29, 0.717) is 35.6 Å². The van der Waals surface area contributed by atoms with Crippen LogP contribution in [0.2, 0.25) is 0 Å². The number of amides is 2. The van der Waals surface area contributed by atoms with E-state index in [1.807, 2.05) is 6.92 Å². The molecule has 1 aliphatic heterocycles.